The fourth-order valence-electron chi connectivity index (χ4n) is 3.93. The first-order chi connectivity index (χ1) is 12.1. The molecule has 0 aromatic heterocycles. The molecule has 0 saturated heterocycles. The van der Waals surface area contributed by atoms with Crippen LogP contribution in [0.2, 0.25) is 0 Å². The van der Waals surface area contributed by atoms with E-state index in [1.165, 1.54) is 20.0 Å². The largest absolute Gasteiger partial charge is 0.493 e. The van der Waals surface area contributed by atoms with Gasteiger partial charge in [-0.25, -0.2) is 0 Å². The van der Waals surface area contributed by atoms with E-state index < -0.39 is 11.5 Å². The van der Waals surface area contributed by atoms with Gasteiger partial charge in [0.05, 0.1) is 24.7 Å². The maximum absolute atomic E-state index is 12.0. The number of carbonyl (C=O) groups excluding carboxylic acids is 1. The van der Waals surface area contributed by atoms with Crippen molar-refractivity contribution in [1.29, 1.82) is 5.26 Å². The Morgan fingerprint density at radius 1 is 1.20 bits per heavy atom. The summed E-state index contributed by atoms with van der Waals surface area (Å²) in [6, 6.07) is 8.13. The predicted octanol–water partition coefficient (Wildman–Crippen LogP) is 3.55. The lowest BCUT2D eigenvalue weighted by Gasteiger charge is -2.35. The van der Waals surface area contributed by atoms with Crippen LogP contribution >= 0.6 is 0 Å². The number of Topliss-reactive ketones (excluding diaryl/α,β-unsaturated/α-hetero) is 1. The molecule has 2 fully saturated rings. The van der Waals surface area contributed by atoms with Crippen LogP contribution in [0.1, 0.15) is 50.5 Å². The molecule has 2 unspecified atom stereocenters. The summed E-state index contributed by atoms with van der Waals surface area (Å²) in [4.78, 5) is 12.0. The van der Waals surface area contributed by atoms with Crippen LogP contribution in [-0.4, -0.2) is 32.2 Å². The summed E-state index contributed by atoms with van der Waals surface area (Å²) in [5.41, 5.74) is 0.146. The molecule has 0 radical (unpaired) electrons. The van der Waals surface area contributed by atoms with Crippen molar-refractivity contribution in [2.24, 2.45) is 0 Å². The third-order valence-corrected chi connectivity index (χ3v) is 5.50. The minimum atomic E-state index is -0.728. The summed E-state index contributed by atoms with van der Waals surface area (Å²) >= 11 is 0. The Balaban J connectivity index is 1.92. The lowest BCUT2D eigenvalue weighted by molar-refractivity contribution is -0.132. The number of methoxy groups -OCH3 is 2. The van der Waals surface area contributed by atoms with E-state index in [4.69, 9.17) is 14.2 Å². The summed E-state index contributed by atoms with van der Waals surface area (Å²) < 4.78 is 16.9. The van der Waals surface area contributed by atoms with Crippen LogP contribution in [0.3, 0.4) is 0 Å². The second-order valence-electron chi connectivity index (χ2n) is 6.98. The number of hydrogen-bond donors (Lipinski definition) is 0. The van der Waals surface area contributed by atoms with Crippen molar-refractivity contribution < 1.29 is 19.0 Å². The van der Waals surface area contributed by atoms with Crippen molar-refractivity contribution in [2.75, 3.05) is 14.2 Å². The van der Waals surface area contributed by atoms with Gasteiger partial charge < -0.3 is 14.2 Å². The first-order valence-electron chi connectivity index (χ1n) is 8.94. The Morgan fingerprint density at radius 2 is 1.96 bits per heavy atom. The zero-order chi connectivity index (χ0) is 17.9. The molecule has 0 aliphatic heterocycles. The van der Waals surface area contributed by atoms with Gasteiger partial charge >= 0.3 is 0 Å². The molecule has 2 atom stereocenters. The molecule has 5 nitrogen and oxygen atoms in total. The third kappa shape index (κ3) is 3.50. The van der Waals surface area contributed by atoms with Crippen LogP contribution in [-0.2, 0) is 14.9 Å². The van der Waals surface area contributed by atoms with E-state index >= 15 is 0 Å². The van der Waals surface area contributed by atoms with Gasteiger partial charge in [0.15, 0.2) is 17.3 Å². The van der Waals surface area contributed by atoms with Crippen LogP contribution in [0.4, 0.5) is 0 Å². The second-order valence-corrected chi connectivity index (χ2v) is 6.98. The molecule has 134 valence electrons. The molecule has 0 N–H and O–H groups in total. The normalized spacial score (nSPS) is 27.1. The number of ether oxygens (including phenoxy) is 3. The molecule has 2 aliphatic rings. The summed E-state index contributed by atoms with van der Waals surface area (Å²) in [5, 5.41) is 9.91. The molecule has 1 aromatic carbocycles. The van der Waals surface area contributed by atoms with Crippen molar-refractivity contribution in [2.45, 2.75) is 62.6 Å². The minimum Gasteiger partial charge on any atom is -0.493 e. The molecular formula is C20H25NO4. The molecular weight excluding hydrogens is 318 g/mol. The van der Waals surface area contributed by atoms with Crippen molar-refractivity contribution in [3.63, 3.8) is 0 Å². The third-order valence-electron chi connectivity index (χ3n) is 5.50. The van der Waals surface area contributed by atoms with E-state index in [1.54, 1.807) is 7.11 Å². The van der Waals surface area contributed by atoms with E-state index in [2.05, 4.69) is 6.07 Å². The summed E-state index contributed by atoms with van der Waals surface area (Å²) in [7, 11) is 3.15. The Hall–Kier alpha value is -2.06. The lowest BCUT2D eigenvalue weighted by Crippen LogP contribution is -2.40. The number of benzene rings is 1. The van der Waals surface area contributed by atoms with Gasteiger partial charge in [0.2, 0.25) is 0 Å². The predicted molar refractivity (Wildman–Crippen MR) is 92.8 cm³/mol. The summed E-state index contributed by atoms with van der Waals surface area (Å²) in [6.07, 6.45) is 5.42. The van der Waals surface area contributed by atoms with Gasteiger partial charge in [-0.3, -0.25) is 4.79 Å². The monoisotopic (exact) mass is 343 g/mol. The molecule has 0 bridgehead atoms. The van der Waals surface area contributed by atoms with Gasteiger partial charge in [-0.15, -0.1) is 0 Å². The first-order valence-corrected chi connectivity index (χ1v) is 8.94. The quantitative estimate of drug-likeness (QED) is 0.818. The van der Waals surface area contributed by atoms with E-state index in [-0.39, 0.29) is 11.9 Å². The highest BCUT2D eigenvalue weighted by Crippen LogP contribution is 2.42. The van der Waals surface area contributed by atoms with E-state index in [0.717, 1.165) is 18.4 Å². The van der Waals surface area contributed by atoms with Crippen molar-refractivity contribution in [1.82, 2.24) is 0 Å². The number of ketones is 1. The van der Waals surface area contributed by atoms with Crippen LogP contribution in [0.5, 0.6) is 11.5 Å². The first kappa shape index (κ1) is 17.8. The fourth-order valence-corrected chi connectivity index (χ4v) is 3.93. The Kier molecular flexibility index (Phi) is 5.29. The Morgan fingerprint density at radius 3 is 2.60 bits per heavy atom. The molecule has 3 rings (SSSR count). The standard InChI is InChI=1S/C20H25NO4/c1-23-17-8-7-14(11-18(17)25-15-5-3-4-6-15)20(13-21)10-9-16(22)19(12-20)24-2/h7-8,11,15,19H,3-6,9-10,12H2,1-2H3. The molecule has 0 heterocycles. The number of nitriles is 1. The van der Waals surface area contributed by atoms with Crippen LogP contribution < -0.4 is 9.47 Å². The van der Waals surface area contributed by atoms with E-state index in [1.807, 2.05) is 18.2 Å². The highest BCUT2D eigenvalue weighted by atomic mass is 16.5. The van der Waals surface area contributed by atoms with Crippen molar-refractivity contribution in [3.8, 4) is 17.6 Å². The molecule has 1 aromatic rings. The zero-order valence-electron chi connectivity index (χ0n) is 14.9. The minimum absolute atomic E-state index is 0.0734. The average Bonchev–Trinajstić information content (AvgIpc) is 3.15. The number of carbonyl (C=O) groups is 1. The number of hydrogen-bond acceptors (Lipinski definition) is 5. The van der Waals surface area contributed by atoms with Gasteiger partial charge in [0.25, 0.3) is 0 Å². The second kappa shape index (κ2) is 7.45. The molecule has 5 heteroatoms. The molecule has 25 heavy (non-hydrogen) atoms. The number of nitrogens with zero attached hydrogens (tertiary/aromatic N) is 1. The molecule has 2 saturated carbocycles. The van der Waals surface area contributed by atoms with Gasteiger partial charge in [-0.05, 0) is 49.8 Å². The van der Waals surface area contributed by atoms with Crippen LogP contribution in [0.25, 0.3) is 0 Å². The topological polar surface area (TPSA) is 68.5 Å². The number of rotatable bonds is 5. The maximum atomic E-state index is 12.0. The summed E-state index contributed by atoms with van der Waals surface area (Å²) in [6.45, 7) is 0. The summed E-state index contributed by atoms with van der Waals surface area (Å²) in [5.74, 6) is 1.44. The van der Waals surface area contributed by atoms with Gasteiger partial charge in [0.1, 0.15) is 6.10 Å². The SMILES string of the molecule is COc1ccc(C2(C#N)CCC(=O)C(OC)C2)cc1OC1CCCC1. The molecule has 0 amide bonds. The Labute approximate surface area is 148 Å². The zero-order valence-corrected chi connectivity index (χ0v) is 14.9. The highest BCUT2D eigenvalue weighted by Gasteiger charge is 2.42. The van der Waals surface area contributed by atoms with E-state index in [0.29, 0.717) is 30.8 Å². The van der Waals surface area contributed by atoms with Gasteiger partial charge in [-0.2, -0.15) is 5.26 Å². The van der Waals surface area contributed by atoms with Crippen molar-refractivity contribution in [3.05, 3.63) is 23.8 Å². The van der Waals surface area contributed by atoms with Gasteiger partial charge in [0, 0.05) is 20.0 Å². The van der Waals surface area contributed by atoms with Crippen LogP contribution in [0.15, 0.2) is 18.2 Å². The van der Waals surface area contributed by atoms with Crippen molar-refractivity contribution >= 4 is 5.78 Å². The maximum Gasteiger partial charge on any atom is 0.161 e. The lowest BCUT2D eigenvalue weighted by atomic mass is 9.69. The molecule has 0 spiro atoms. The van der Waals surface area contributed by atoms with Crippen LogP contribution in [0, 0.1) is 11.3 Å². The smallest absolute Gasteiger partial charge is 0.161 e. The highest BCUT2D eigenvalue weighted by molar-refractivity contribution is 5.84. The van der Waals surface area contributed by atoms with E-state index in [9.17, 15) is 10.1 Å². The van der Waals surface area contributed by atoms with Gasteiger partial charge in [-0.1, -0.05) is 6.07 Å². The average molecular weight is 343 g/mol. The molecule has 2 aliphatic carbocycles. The fraction of sp³-hybridized carbons (Fsp3) is 0.600. The Bertz CT molecular complexity index is 675.